The van der Waals surface area contributed by atoms with Crippen LogP contribution in [0.3, 0.4) is 0 Å². The number of rotatable bonds is 51. The van der Waals surface area contributed by atoms with Gasteiger partial charge in [0.05, 0.1) is 0 Å². The summed E-state index contributed by atoms with van der Waals surface area (Å²) in [6, 6.07) is 0. The molecule has 0 N–H and O–H groups in total. The molecule has 0 aliphatic carbocycles. The number of ether oxygens (including phenoxy) is 3. The average molecular weight is 972 g/mol. The second-order valence-corrected chi connectivity index (χ2v) is 18.9. The second-order valence-electron chi connectivity index (χ2n) is 18.9. The highest BCUT2D eigenvalue weighted by Gasteiger charge is 2.19. The topological polar surface area (TPSA) is 78.9 Å². The van der Waals surface area contributed by atoms with Crippen molar-refractivity contribution in [2.45, 2.75) is 264 Å². The molecule has 0 aromatic rings. The third-order valence-electron chi connectivity index (χ3n) is 12.1. The Hall–Kier alpha value is -3.93. The fraction of sp³-hybridized carbons (Fsp3) is 0.672. The van der Waals surface area contributed by atoms with Gasteiger partial charge < -0.3 is 14.2 Å². The van der Waals surface area contributed by atoms with E-state index in [2.05, 4.69) is 124 Å². The second kappa shape index (κ2) is 57.6. The van der Waals surface area contributed by atoms with Crippen molar-refractivity contribution in [1.82, 2.24) is 0 Å². The maximum absolute atomic E-state index is 12.9. The van der Waals surface area contributed by atoms with Crippen molar-refractivity contribution in [3.63, 3.8) is 0 Å². The fourth-order valence-corrected chi connectivity index (χ4v) is 7.80. The van der Waals surface area contributed by atoms with Crippen LogP contribution in [0.25, 0.3) is 0 Å². The Labute approximate surface area is 431 Å². The molecule has 0 radical (unpaired) electrons. The first-order valence-electron chi connectivity index (χ1n) is 28.9. The van der Waals surface area contributed by atoms with Gasteiger partial charge in [0.15, 0.2) is 6.10 Å². The molecule has 0 aliphatic heterocycles. The van der Waals surface area contributed by atoms with E-state index in [1.165, 1.54) is 116 Å². The van der Waals surface area contributed by atoms with Gasteiger partial charge in [-0.1, -0.05) is 271 Å². The number of esters is 3. The van der Waals surface area contributed by atoms with Crippen LogP contribution in [0.5, 0.6) is 0 Å². The molecule has 1 unspecified atom stereocenters. The molecule has 398 valence electrons. The maximum atomic E-state index is 12.9. The molecule has 0 saturated carbocycles. The van der Waals surface area contributed by atoms with Crippen LogP contribution in [0.2, 0.25) is 0 Å². The Balaban J connectivity index is 4.52. The van der Waals surface area contributed by atoms with Crippen LogP contribution in [0, 0.1) is 0 Å². The SMILES string of the molecule is CC/C=C\C/C=C\C/C=C\C/C=C\C/C=C\CCC(=O)OCC(COC(=O)CCCCCCC\C=C/C=C\C=C/C=C\CCCCC)OC(=O)CCCCCCCCCCCCCCCCCCCC. The Morgan fingerprint density at radius 1 is 0.314 bits per heavy atom. The zero-order valence-corrected chi connectivity index (χ0v) is 45.5. The number of carbonyl (C=O) groups is 3. The molecule has 0 heterocycles. The van der Waals surface area contributed by atoms with Gasteiger partial charge in [-0.15, -0.1) is 0 Å². The van der Waals surface area contributed by atoms with Gasteiger partial charge in [-0.05, 0) is 77.0 Å². The van der Waals surface area contributed by atoms with Gasteiger partial charge in [0, 0.05) is 19.3 Å². The number of allylic oxidation sites excluding steroid dienone is 18. The van der Waals surface area contributed by atoms with Crippen molar-refractivity contribution >= 4 is 17.9 Å². The van der Waals surface area contributed by atoms with Crippen molar-refractivity contribution in [1.29, 1.82) is 0 Å². The molecule has 0 aromatic heterocycles. The predicted molar refractivity (Wildman–Crippen MR) is 302 cm³/mol. The van der Waals surface area contributed by atoms with Crippen LogP contribution in [0.1, 0.15) is 258 Å². The molecule has 1 atom stereocenters. The first kappa shape index (κ1) is 66.1. The minimum atomic E-state index is -0.819. The summed E-state index contributed by atoms with van der Waals surface area (Å²) in [5.41, 5.74) is 0. The Morgan fingerprint density at radius 3 is 1.09 bits per heavy atom. The van der Waals surface area contributed by atoms with E-state index in [0.29, 0.717) is 19.3 Å². The van der Waals surface area contributed by atoms with Crippen molar-refractivity contribution in [2.75, 3.05) is 13.2 Å². The van der Waals surface area contributed by atoms with Gasteiger partial charge in [0.2, 0.25) is 0 Å². The van der Waals surface area contributed by atoms with Crippen molar-refractivity contribution < 1.29 is 28.6 Å². The lowest BCUT2D eigenvalue weighted by Crippen LogP contribution is -2.30. The van der Waals surface area contributed by atoms with E-state index in [1.807, 2.05) is 6.08 Å². The molecule has 6 heteroatoms. The quantitative estimate of drug-likeness (QED) is 0.0199. The third kappa shape index (κ3) is 55.0. The van der Waals surface area contributed by atoms with Gasteiger partial charge in [-0.2, -0.15) is 0 Å². The van der Waals surface area contributed by atoms with E-state index in [9.17, 15) is 14.4 Å². The molecule has 6 nitrogen and oxygen atoms in total. The van der Waals surface area contributed by atoms with E-state index >= 15 is 0 Å². The van der Waals surface area contributed by atoms with Crippen molar-refractivity contribution in [2.24, 2.45) is 0 Å². The smallest absolute Gasteiger partial charge is 0.306 e. The summed E-state index contributed by atoms with van der Waals surface area (Å²) in [6.45, 7) is 6.42. The molecule has 70 heavy (non-hydrogen) atoms. The molecular formula is C64H106O6. The summed E-state index contributed by atoms with van der Waals surface area (Å²) in [7, 11) is 0. The highest BCUT2D eigenvalue weighted by molar-refractivity contribution is 5.71. The fourth-order valence-electron chi connectivity index (χ4n) is 7.80. The Kier molecular flexibility index (Phi) is 54.4. The number of hydrogen-bond acceptors (Lipinski definition) is 6. The summed E-state index contributed by atoms with van der Waals surface area (Å²) >= 11 is 0. The first-order chi connectivity index (χ1) is 34.5. The van der Waals surface area contributed by atoms with Crippen molar-refractivity contribution in [3.8, 4) is 0 Å². The van der Waals surface area contributed by atoms with Crippen molar-refractivity contribution in [3.05, 3.63) is 109 Å². The van der Waals surface area contributed by atoms with Crippen LogP contribution in [-0.2, 0) is 28.6 Å². The molecule has 0 amide bonds. The molecule has 0 aromatic carbocycles. The molecule has 0 aliphatic rings. The van der Waals surface area contributed by atoms with Gasteiger partial charge in [0.25, 0.3) is 0 Å². The van der Waals surface area contributed by atoms with Gasteiger partial charge in [0.1, 0.15) is 13.2 Å². The van der Waals surface area contributed by atoms with E-state index in [-0.39, 0.29) is 37.5 Å². The first-order valence-corrected chi connectivity index (χ1v) is 28.9. The monoisotopic (exact) mass is 971 g/mol. The number of unbranched alkanes of at least 4 members (excludes halogenated alkanes) is 25. The standard InChI is InChI=1S/C64H106O6/c1-4-7-10-13-16-19-22-25-28-31-33-36-39-42-45-48-51-54-57-63(66)69-60-61(59-68-62(65)56-53-50-47-44-41-38-35-30-27-24-21-18-15-12-9-6-3)70-64(67)58-55-52-49-46-43-40-37-34-32-29-26-23-20-17-14-11-8-5-2/h9,12,16,18-19,21-22,25,27-28,30-31,33,36,38,41,47,50,61H,4-8,10-11,13-15,17,20,23-24,26,29,32,34-35,37,39-40,42-46,48-49,51-60H2,1-3H3/b12-9-,19-16-,21-18-,25-22-,30-27-,31-28-,36-33-,41-38-,50-47-. The van der Waals surface area contributed by atoms with Crippen LogP contribution < -0.4 is 0 Å². The lowest BCUT2D eigenvalue weighted by Gasteiger charge is -2.18. The summed E-state index contributed by atoms with van der Waals surface area (Å²) in [4.78, 5) is 38.1. The van der Waals surface area contributed by atoms with Crippen LogP contribution in [0.15, 0.2) is 109 Å². The predicted octanol–water partition coefficient (Wildman–Crippen LogP) is 19.5. The van der Waals surface area contributed by atoms with Gasteiger partial charge in [-0.25, -0.2) is 0 Å². The molecule has 0 saturated heterocycles. The average Bonchev–Trinajstić information content (AvgIpc) is 3.36. The van der Waals surface area contributed by atoms with E-state index in [4.69, 9.17) is 14.2 Å². The normalized spacial score (nSPS) is 12.9. The van der Waals surface area contributed by atoms with Crippen LogP contribution in [-0.4, -0.2) is 37.2 Å². The summed E-state index contributed by atoms with van der Waals surface area (Å²) in [5.74, 6) is -1.02. The van der Waals surface area contributed by atoms with Crippen LogP contribution >= 0.6 is 0 Å². The van der Waals surface area contributed by atoms with E-state index < -0.39 is 6.10 Å². The largest absolute Gasteiger partial charge is 0.462 e. The highest BCUT2D eigenvalue weighted by Crippen LogP contribution is 2.16. The van der Waals surface area contributed by atoms with Gasteiger partial charge >= 0.3 is 17.9 Å². The highest BCUT2D eigenvalue weighted by atomic mass is 16.6. The number of hydrogen-bond donors (Lipinski definition) is 0. The molecule has 0 rings (SSSR count). The molecule has 0 spiro atoms. The molecule has 0 bridgehead atoms. The molecule has 0 fully saturated rings. The van der Waals surface area contributed by atoms with E-state index in [1.54, 1.807) is 0 Å². The number of carbonyl (C=O) groups excluding carboxylic acids is 3. The third-order valence-corrected chi connectivity index (χ3v) is 12.1. The zero-order valence-electron chi connectivity index (χ0n) is 45.5. The van der Waals surface area contributed by atoms with Crippen LogP contribution in [0.4, 0.5) is 0 Å². The summed E-state index contributed by atoms with van der Waals surface area (Å²) in [6.07, 6.45) is 78.0. The zero-order chi connectivity index (χ0) is 50.7. The summed E-state index contributed by atoms with van der Waals surface area (Å²) < 4.78 is 16.8. The molecular weight excluding hydrogens is 865 g/mol. The minimum absolute atomic E-state index is 0.113. The maximum Gasteiger partial charge on any atom is 0.306 e. The Bertz CT molecular complexity index is 1440. The summed E-state index contributed by atoms with van der Waals surface area (Å²) in [5, 5.41) is 0. The van der Waals surface area contributed by atoms with E-state index in [0.717, 1.165) is 96.3 Å². The Morgan fingerprint density at radius 2 is 0.643 bits per heavy atom. The van der Waals surface area contributed by atoms with Gasteiger partial charge in [-0.3, -0.25) is 14.4 Å². The lowest BCUT2D eigenvalue weighted by atomic mass is 10.0. The lowest BCUT2D eigenvalue weighted by molar-refractivity contribution is -0.166. The minimum Gasteiger partial charge on any atom is -0.462 e.